The van der Waals surface area contributed by atoms with E-state index in [4.69, 9.17) is 0 Å². The van der Waals surface area contributed by atoms with Gasteiger partial charge < -0.3 is 9.80 Å². The van der Waals surface area contributed by atoms with Crippen LogP contribution in [0.1, 0.15) is 26.7 Å². The Morgan fingerprint density at radius 2 is 1.93 bits per heavy atom. The van der Waals surface area contributed by atoms with E-state index in [0.29, 0.717) is 18.2 Å². The Bertz CT molecular complexity index is 192. The van der Waals surface area contributed by atoms with Crippen molar-refractivity contribution in [3.8, 4) is 0 Å². The third-order valence-corrected chi connectivity index (χ3v) is 2.66. The van der Waals surface area contributed by atoms with Gasteiger partial charge in [0, 0.05) is 26.1 Å². The van der Waals surface area contributed by atoms with Gasteiger partial charge in [0.25, 0.3) is 0 Å². The molecule has 1 heterocycles. The highest BCUT2D eigenvalue weighted by Crippen LogP contribution is 2.07. The summed E-state index contributed by atoms with van der Waals surface area (Å²) in [6.07, 6.45) is 1.81. The fourth-order valence-electron chi connectivity index (χ4n) is 1.77. The zero-order valence-corrected chi connectivity index (χ0v) is 9.62. The lowest BCUT2D eigenvalue weighted by Crippen LogP contribution is -2.35. The van der Waals surface area contributed by atoms with Gasteiger partial charge in [-0.1, -0.05) is 13.8 Å². The van der Waals surface area contributed by atoms with E-state index in [9.17, 15) is 4.79 Å². The fraction of sp³-hybridized carbons (Fsp3) is 0.909. The van der Waals surface area contributed by atoms with Crippen molar-refractivity contribution in [2.45, 2.75) is 26.7 Å². The molecule has 1 aliphatic heterocycles. The molecule has 3 heteroatoms. The number of hydrogen-bond donors (Lipinski definition) is 0. The molecule has 3 nitrogen and oxygen atoms in total. The van der Waals surface area contributed by atoms with E-state index >= 15 is 0 Å². The summed E-state index contributed by atoms with van der Waals surface area (Å²) < 4.78 is 0. The summed E-state index contributed by atoms with van der Waals surface area (Å²) in [5, 5.41) is 0. The summed E-state index contributed by atoms with van der Waals surface area (Å²) in [7, 11) is 2.12. The maximum absolute atomic E-state index is 11.8. The van der Waals surface area contributed by atoms with Crippen molar-refractivity contribution in [2.75, 3.05) is 33.2 Å². The monoisotopic (exact) mass is 198 g/mol. The average molecular weight is 198 g/mol. The molecule has 0 unspecified atom stereocenters. The largest absolute Gasteiger partial charge is 0.341 e. The van der Waals surface area contributed by atoms with Crippen LogP contribution in [0.15, 0.2) is 0 Å². The number of rotatable bonds is 2. The zero-order valence-electron chi connectivity index (χ0n) is 9.62. The Labute approximate surface area is 87.1 Å². The first-order valence-corrected chi connectivity index (χ1v) is 5.56. The Hall–Kier alpha value is -0.570. The van der Waals surface area contributed by atoms with Crippen LogP contribution >= 0.6 is 0 Å². The summed E-state index contributed by atoms with van der Waals surface area (Å²) in [4.78, 5) is 16.1. The molecule has 0 aromatic heterocycles. The lowest BCUT2D eigenvalue weighted by atomic mass is 10.1. The molecule has 0 aromatic rings. The molecule has 0 atom stereocenters. The van der Waals surface area contributed by atoms with Gasteiger partial charge >= 0.3 is 0 Å². The number of carbonyl (C=O) groups excluding carboxylic acids is 1. The molecule has 0 N–H and O–H groups in total. The lowest BCUT2D eigenvalue weighted by Gasteiger charge is -2.21. The minimum atomic E-state index is 0.329. The molecule has 1 amide bonds. The van der Waals surface area contributed by atoms with Crippen molar-refractivity contribution < 1.29 is 4.79 Å². The van der Waals surface area contributed by atoms with Crippen molar-refractivity contribution in [3.05, 3.63) is 0 Å². The molecule has 82 valence electrons. The molecular formula is C11H22N2O. The van der Waals surface area contributed by atoms with Crippen molar-refractivity contribution in [2.24, 2.45) is 5.92 Å². The molecule has 0 aromatic carbocycles. The number of amides is 1. The number of nitrogens with zero attached hydrogens (tertiary/aromatic N) is 2. The van der Waals surface area contributed by atoms with Crippen molar-refractivity contribution in [1.29, 1.82) is 0 Å². The number of hydrogen-bond acceptors (Lipinski definition) is 2. The Morgan fingerprint density at radius 3 is 2.57 bits per heavy atom. The lowest BCUT2D eigenvalue weighted by molar-refractivity contribution is -0.131. The minimum Gasteiger partial charge on any atom is -0.341 e. The summed E-state index contributed by atoms with van der Waals surface area (Å²) in [6.45, 7) is 8.18. The maximum atomic E-state index is 11.8. The van der Waals surface area contributed by atoms with E-state index in [1.807, 2.05) is 4.90 Å². The predicted molar refractivity (Wildman–Crippen MR) is 58.1 cm³/mol. The van der Waals surface area contributed by atoms with Gasteiger partial charge in [0.05, 0.1) is 0 Å². The van der Waals surface area contributed by atoms with E-state index in [-0.39, 0.29) is 0 Å². The molecule has 0 bridgehead atoms. The third kappa shape index (κ3) is 3.66. The summed E-state index contributed by atoms with van der Waals surface area (Å²) >= 11 is 0. The van der Waals surface area contributed by atoms with E-state index < -0.39 is 0 Å². The molecular weight excluding hydrogens is 176 g/mol. The van der Waals surface area contributed by atoms with E-state index in [1.165, 1.54) is 0 Å². The smallest absolute Gasteiger partial charge is 0.222 e. The maximum Gasteiger partial charge on any atom is 0.222 e. The molecule has 0 radical (unpaired) electrons. The van der Waals surface area contributed by atoms with Crippen LogP contribution in [0.4, 0.5) is 0 Å². The SMILES string of the molecule is CC(C)CC(=O)N1CCCN(C)CC1. The van der Waals surface area contributed by atoms with Crippen molar-refractivity contribution in [1.82, 2.24) is 9.80 Å². The number of carbonyl (C=O) groups is 1. The van der Waals surface area contributed by atoms with Crippen LogP contribution in [0.2, 0.25) is 0 Å². The van der Waals surface area contributed by atoms with Gasteiger partial charge in [0.2, 0.25) is 5.91 Å². The fourth-order valence-corrected chi connectivity index (χ4v) is 1.77. The number of likely N-dealkylation sites (N-methyl/N-ethyl adjacent to an activating group) is 1. The molecule has 1 fully saturated rings. The van der Waals surface area contributed by atoms with Gasteiger partial charge in [0.15, 0.2) is 0 Å². The predicted octanol–water partition coefficient (Wildman–Crippen LogP) is 1.20. The van der Waals surface area contributed by atoms with Crippen LogP contribution in [0.3, 0.4) is 0 Å². The van der Waals surface area contributed by atoms with Crippen LogP contribution in [-0.4, -0.2) is 48.9 Å². The molecule has 1 saturated heterocycles. The molecule has 0 saturated carbocycles. The van der Waals surface area contributed by atoms with E-state index in [1.54, 1.807) is 0 Å². The van der Waals surface area contributed by atoms with Gasteiger partial charge in [-0.15, -0.1) is 0 Å². The van der Waals surface area contributed by atoms with Crippen molar-refractivity contribution >= 4 is 5.91 Å². The van der Waals surface area contributed by atoms with Crippen LogP contribution in [0.25, 0.3) is 0 Å². The zero-order chi connectivity index (χ0) is 10.6. The first-order valence-electron chi connectivity index (χ1n) is 5.56. The van der Waals surface area contributed by atoms with E-state index in [2.05, 4.69) is 25.8 Å². The van der Waals surface area contributed by atoms with Crippen molar-refractivity contribution in [3.63, 3.8) is 0 Å². The quantitative estimate of drug-likeness (QED) is 0.665. The highest BCUT2D eigenvalue weighted by molar-refractivity contribution is 5.76. The van der Waals surface area contributed by atoms with Crippen LogP contribution in [0.5, 0.6) is 0 Å². The minimum absolute atomic E-state index is 0.329. The summed E-state index contributed by atoms with van der Waals surface area (Å²) in [6, 6.07) is 0. The normalized spacial score (nSPS) is 19.9. The average Bonchev–Trinajstić information content (AvgIpc) is 2.28. The highest BCUT2D eigenvalue weighted by Gasteiger charge is 2.17. The molecule has 14 heavy (non-hydrogen) atoms. The Kier molecular flexibility index (Phi) is 4.39. The van der Waals surface area contributed by atoms with Crippen LogP contribution in [0, 0.1) is 5.92 Å². The second kappa shape index (κ2) is 5.35. The summed E-state index contributed by atoms with van der Waals surface area (Å²) in [5.41, 5.74) is 0. The molecule has 1 aliphatic rings. The van der Waals surface area contributed by atoms with Crippen LogP contribution in [-0.2, 0) is 4.79 Å². The molecule has 1 rings (SSSR count). The second-order valence-electron chi connectivity index (χ2n) is 4.64. The third-order valence-electron chi connectivity index (χ3n) is 2.66. The Morgan fingerprint density at radius 1 is 1.21 bits per heavy atom. The molecule has 0 aliphatic carbocycles. The Balaban J connectivity index is 2.39. The van der Waals surface area contributed by atoms with Gasteiger partial charge in [0.1, 0.15) is 0 Å². The van der Waals surface area contributed by atoms with Crippen LogP contribution < -0.4 is 0 Å². The van der Waals surface area contributed by atoms with Gasteiger partial charge in [-0.25, -0.2) is 0 Å². The topological polar surface area (TPSA) is 23.6 Å². The van der Waals surface area contributed by atoms with E-state index in [0.717, 1.165) is 32.6 Å². The standard InChI is InChI=1S/C11H22N2O/c1-10(2)9-11(14)13-6-4-5-12(3)7-8-13/h10H,4-9H2,1-3H3. The van der Waals surface area contributed by atoms with Gasteiger partial charge in [-0.05, 0) is 25.9 Å². The first kappa shape index (κ1) is 11.5. The molecule has 0 spiro atoms. The summed E-state index contributed by atoms with van der Waals surface area (Å²) in [5.74, 6) is 0.804. The first-order chi connectivity index (χ1) is 6.59. The second-order valence-corrected chi connectivity index (χ2v) is 4.64. The highest BCUT2D eigenvalue weighted by atomic mass is 16.2. The van der Waals surface area contributed by atoms with Gasteiger partial charge in [-0.3, -0.25) is 4.79 Å². The van der Waals surface area contributed by atoms with Gasteiger partial charge in [-0.2, -0.15) is 0 Å².